The predicted octanol–water partition coefficient (Wildman–Crippen LogP) is 0.435. The van der Waals surface area contributed by atoms with Crippen molar-refractivity contribution in [3.05, 3.63) is 0 Å². The van der Waals surface area contributed by atoms with E-state index in [1.807, 2.05) is 4.90 Å². The summed E-state index contributed by atoms with van der Waals surface area (Å²) in [7, 11) is 0. The number of carbonyl (C=O) groups is 2. The molecule has 4 nitrogen and oxygen atoms in total. The minimum atomic E-state index is -0.121. The van der Waals surface area contributed by atoms with Gasteiger partial charge in [0.1, 0.15) is 0 Å². The number of carbonyl (C=O) groups excluding carboxylic acids is 2. The lowest BCUT2D eigenvalue weighted by atomic mass is 10.1. The molecule has 2 amide bonds. The van der Waals surface area contributed by atoms with Crippen molar-refractivity contribution < 1.29 is 9.59 Å². The van der Waals surface area contributed by atoms with Gasteiger partial charge in [0.25, 0.3) is 0 Å². The molecule has 1 aliphatic heterocycles. The summed E-state index contributed by atoms with van der Waals surface area (Å²) in [5, 5.41) is 2.64. The van der Waals surface area contributed by atoms with Crippen LogP contribution in [0.1, 0.15) is 25.7 Å². The van der Waals surface area contributed by atoms with Gasteiger partial charge in [0.2, 0.25) is 11.8 Å². The van der Waals surface area contributed by atoms with E-state index in [2.05, 4.69) is 17.9 Å². The molecule has 1 N–H and O–H groups in total. The quantitative estimate of drug-likeness (QED) is 0.688. The Labute approximate surface area is 95.8 Å². The van der Waals surface area contributed by atoms with E-state index in [-0.39, 0.29) is 17.6 Å². The first kappa shape index (κ1) is 12.4. The first-order valence-corrected chi connectivity index (χ1v) is 6.02. The average molecular weight is 230 g/mol. The van der Waals surface area contributed by atoms with Crippen LogP contribution in [-0.4, -0.2) is 42.1 Å². The summed E-state index contributed by atoms with van der Waals surface area (Å²) in [6.07, 6.45) is 3.84. The van der Waals surface area contributed by atoms with E-state index >= 15 is 0 Å². The van der Waals surface area contributed by atoms with Crippen LogP contribution in [0.15, 0.2) is 0 Å². The molecule has 86 valence electrons. The summed E-state index contributed by atoms with van der Waals surface area (Å²) in [5.74, 6) is 0.205. The zero-order valence-corrected chi connectivity index (χ0v) is 9.76. The van der Waals surface area contributed by atoms with Crippen LogP contribution in [-0.2, 0) is 9.59 Å². The Balaban J connectivity index is 2.14. The largest absolute Gasteiger partial charge is 0.355 e. The molecule has 15 heavy (non-hydrogen) atoms. The van der Waals surface area contributed by atoms with E-state index in [9.17, 15) is 9.59 Å². The van der Waals surface area contributed by atoms with Gasteiger partial charge in [-0.3, -0.25) is 9.59 Å². The standard InChI is InChI=1S/C10H18N2O2S/c13-9(8-15)11-5-4-10(14)12-6-2-1-3-7-12/h15H,1-8H2,(H,11,13). The molecule has 1 fully saturated rings. The molecule has 0 aliphatic carbocycles. The SMILES string of the molecule is O=C(CS)NCCC(=O)N1CCCCC1. The first-order valence-electron chi connectivity index (χ1n) is 5.39. The number of nitrogens with one attached hydrogen (secondary N) is 1. The normalized spacial score (nSPS) is 16.2. The van der Waals surface area contributed by atoms with Gasteiger partial charge in [-0.25, -0.2) is 0 Å². The number of likely N-dealkylation sites (tertiary alicyclic amines) is 1. The van der Waals surface area contributed by atoms with Gasteiger partial charge in [0.15, 0.2) is 0 Å². The maximum absolute atomic E-state index is 11.6. The second-order valence-corrected chi connectivity index (χ2v) is 4.02. The molecule has 0 aromatic rings. The molecule has 0 aromatic carbocycles. The summed E-state index contributed by atoms with van der Waals surface area (Å²) in [4.78, 5) is 24.4. The van der Waals surface area contributed by atoms with E-state index in [0.29, 0.717) is 13.0 Å². The number of thiol groups is 1. The fraction of sp³-hybridized carbons (Fsp3) is 0.800. The first-order chi connectivity index (χ1) is 7.24. The fourth-order valence-corrected chi connectivity index (χ4v) is 1.78. The van der Waals surface area contributed by atoms with Crippen LogP contribution in [0.5, 0.6) is 0 Å². The molecule has 0 spiro atoms. The number of rotatable bonds is 4. The lowest BCUT2D eigenvalue weighted by Gasteiger charge is -2.26. The molecular weight excluding hydrogens is 212 g/mol. The predicted molar refractivity (Wildman–Crippen MR) is 61.9 cm³/mol. The van der Waals surface area contributed by atoms with Gasteiger partial charge in [-0.05, 0) is 19.3 Å². The summed E-state index contributed by atoms with van der Waals surface area (Å²) < 4.78 is 0. The lowest BCUT2D eigenvalue weighted by molar-refractivity contribution is -0.132. The van der Waals surface area contributed by atoms with Crippen LogP contribution < -0.4 is 5.32 Å². The van der Waals surface area contributed by atoms with Gasteiger partial charge in [-0.2, -0.15) is 12.6 Å². The topological polar surface area (TPSA) is 49.4 Å². The van der Waals surface area contributed by atoms with E-state index in [0.717, 1.165) is 25.9 Å². The average Bonchev–Trinajstić information content (AvgIpc) is 2.29. The highest BCUT2D eigenvalue weighted by molar-refractivity contribution is 7.81. The summed E-state index contributed by atoms with van der Waals surface area (Å²) in [6, 6.07) is 0. The van der Waals surface area contributed by atoms with Crippen molar-refractivity contribution in [3.8, 4) is 0 Å². The van der Waals surface area contributed by atoms with E-state index in [4.69, 9.17) is 0 Å². The van der Waals surface area contributed by atoms with Crippen LogP contribution in [0.3, 0.4) is 0 Å². The van der Waals surface area contributed by atoms with Crippen LogP contribution in [0.2, 0.25) is 0 Å². The van der Waals surface area contributed by atoms with Crippen LogP contribution in [0, 0.1) is 0 Å². The highest BCUT2D eigenvalue weighted by atomic mass is 32.1. The van der Waals surface area contributed by atoms with Crippen LogP contribution in [0.25, 0.3) is 0 Å². The summed E-state index contributed by atoms with van der Waals surface area (Å²) in [5.41, 5.74) is 0. The fourth-order valence-electron chi connectivity index (χ4n) is 1.67. The van der Waals surface area contributed by atoms with Crippen molar-refractivity contribution in [1.29, 1.82) is 0 Å². The molecule has 0 saturated carbocycles. The van der Waals surface area contributed by atoms with Gasteiger partial charge in [-0.1, -0.05) is 0 Å². The highest BCUT2D eigenvalue weighted by Gasteiger charge is 2.15. The second kappa shape index (κ2) is 6.71. The Kier molecular flexibility index (Phi) is 5.53. The van der Waals surface area contributed by atoms with Crippen LogP contribution >= 0.6 is 12.6 Å². The zero-order valence-electron chi connectivity index (χ0n) is 8.87. The summed E-state index contributed by atoms with van der Waals surface area (Å²) in [6.45, 7) is 2.17. The van der Waals surface area contributed by atoms with Crippen molar-refractivity contribution in [1.82, 2.24) is 10.2 Å². The van der Waals surface area contributed by atoms with Gasteiger partial charge in [0.05, 0.1) is 5.75 Å². The molecule has 0 bridgehead atoms. The lowest BCUT2D eigenvalue weighted by Crippen LogP contribution is -2.38. The van der Waals surface area contributed by atoms with Gasteiger partial charge >= 0.3 is 0 Å². The molecular formula is C10H18N2O2S. The molecule has 1 saturated heterocycles. The number of amides is 2. The maximum Gasteiger partial charge on any atom is 0.229 e. The molecule has 0 atom stereocenters. The van der Waals surface area contributed by atoms with Gasteiger partial charge < -0.3 is 10.2 Å². The van der Waals surface area contributed by atoms with Crippen molar-refractivity contribution in [2.24, 2.45) is 0 Å². The molecule has 0 aromatic heterocycles. The Hall–Kier alpha value is -0.710. The zero-order chi connectivity index (χ0) is 11.1. The van der Waals surface area contributed by atoms with Crippen molar-refractivity contribution in [3.63, 3.8) is 0 Å². The van der Waals surface area contributed by atoms with Crippen LogP contribution in [0.4, 0.5) is 0 Å². The minimum absolute atomic E-state index is 0.121. The van der Waals surface area contributed by atoms with Gasteiger partial charge in [-0.15, -0.1) is 0 Å². The van der Waals surface area contributed by atoms with E-state index < -0.39 is 0 Å². The van der Waals surface area contributed by atoms with Crippen molar-refractivity contribution in [2.45, 2.75) is 25.7 Å². The number of nitrogens with zero attached hydrogens (tertiary/aromatic N) is 1. The molecule has 0 unspecified atom stereocenters. The van der Waals surface area contributed by atoms with Crippen molar-refractivity contribution in [2.75, 3.05) is 25.4 Å². The number of hydrogen-bond acceptors (Lipinski definition) is 3. The number of hydrogen-bond donors (Lipinski definition) is 2. The third-order valence-corrected chi connectivity index (χ3v) is 2.80. The second-order valence-electron chi connectivity index (χ2n) is 3.70. The molecule has 1 rings (SSSR count). The third-order valence-electron chi connectivity index (χ3n) is 2.51. The monoisotopic (exact) mass is 230 g/mol. The highest BCUT2D eigenvalue weighted by Crippen LogP contribution is 2.09. The Morgan fingerprint density at radius 2 is 1.87 bits per heavy atom. The maximum atomic E-state index is 11.6. The van der Waals surface area contributed by atoms with Crippen molar-refractivity contribution >= 4 is 24.4 Å². The smallest absolute Gasteiger partial charge is 0.229 e. The number of piperidine rings is 1. The molecule has 5 heteroatoms. The van der Waals surface area contributed by atoms with Gasteiger partial charge in [0, 0.05) is 26.1 Å². The Bertz CT molecular complexity index is 227. The van der Waals surface area contributed by atoms with E-state index in [1.54, 1.807) is 0 Å². The minimum Gasteiger partial charge on any atom is -0.355 e. The molecule has 0 radical (unpaired) electrons. The molecule has 1 heterocycles. The van der Waals surface area contributed by atoms with E-state index in [1.165, 1.54) is 6.42 Å². The molecule has 1 aliphatic rings. The Morgan fingerprint density at radius 3 is 2.47 bits per heavy atom. The Morgan fingerprint density at radius 1 is 1.20 bits per heavy atom. The third kappa shape index (κ3) is 4.55. The summed E-state index contributed by atoms with van der Waals surface area (Å²) >= 11 is 3.83.